The molecule has 0 fully saturated rings. The van der Waals surface area contributed by atoms with Crippen molar-refractivity contribution in [2.24, 2.45) is 0 Å². The lowest BCUT2D eigenvalue weighted by Gasteiger charge is -2.13. The van der Waals surface area contributed by atoms with Crippen LogP contribution in [0.5, 0.6) is 5.75 Å². The van der Waals surface area contributed by atoms with E-state index in [1.165, 1.54) is 32.4 Å². The first-order valence-corrected chi connectivity index (χ1v) is 11.0. The summed E-state index contributed by atoms with van der Waals surface area (Å²) in [7, 11) is -4.91. The second-order valence-corrected chi connectivity index (χ2v) is 9.23. The van der Waals surface area contributed by atoms with Crippen molar-refractivity contribution in [1.82, 2.24) is 4.72 Å². The lowest BCUT2D eigenvalue weighted by atomic mass is 10.2. The van der Waals surface area contributed by atoms with Gasteiger partial charge in [0.05, 0.1) is 29.5 Å². The topological polar surface area (TPSA) is 131 Å². The van der Waals surface area contributed by atoms with Crippen LogP contribution in [0.2, 0.25) is 0 Å². The Bertz CT molecular complexity index is 1120. The average Bonchev–Trinajstić information content (AvgIpc) is 2.61. The predicted molar refractivity (Wildman–Crippen MR) is 102 cm³/mol. The zero-order valence-corrected chi connectivity index (χ0v) is 16.7. The van der Waals surface area contributed by atoms with Gasteiger partial charge in [0.2, 0.25) is 20.0 Å². The molecule has 9 nitrogen and oxygen atoms in total. The Labute approximate surface area is 162 Å². The van der Waals surface area contributed by atoms with E-state index >= 15 is 0 Å². The number of rotatable bonds is 7. The number of methoxy groups -OCH3 is 1. The molecule has 0 aromatic heterocycles. The number of amides is 1. The lowest BCUT2D eigenvalue weighted by molar-refractivity contribution is 0.102. The summed E-state index contributed by atoms with van der Waals surface area (Å²) in [5.41, 5.74) is -0.146. The first-order valence-electron chi connectivity index (χ1n) is 7.67. The highest BCUT2D eigenvalue weighted by Crippen LogP contribution is 2.29. The summed E-state index contributed by atoms with van der Waals surface area (Å²) in [6.07, 6.45) is 0.969. The zero-order valence-electron chi connectivity index (χ0n) is 15.1. The van der Waals surface area contributed by atoms with Crippen LogP contribution in [-0.2, 0) is 20.0 Å². The fourth-order valence-electron chi connectivity index (χ4n) is 2.21. The van der Waals surface area contributed by atoms with Gasteiger partial charge in [-0.1, -0.05) is 0 Å². The van der Waals surface area contributed by atoms with Gasteiger partial charge < -0.3 is 10.1 Å². The van der Waals surface area contributed by atoms with E-state index in [0.29, 0.717) is 0 Å². The molecule has 3 N–H and O–H groups in total. The molecule has 2 aromatic carbocycles. The summed E-state index contributed by atoms with van der Waals surface area (Å²) in [6, 6.07) is 6.88. The molecule has 0 bridgehead atoms. The Morgan fingerprint density at radius 3 is 2.32 bits per heavy atom. The van der Waals surface area contributed by atoms with Gasteiger partial charge >= 0.3 is 0 Å². The number of hydrogen-bond acceptors (Lipinski definition) is 6. The quantitative estimate of drug-likeness (QED) is 0.607. The van der Waals surface area contributed by atoms with Crippen molar-refractivity contribution < 1.29 is 30.8 Å². The molecule has 12 heteroatoms. The molecule has 2 aromatic rings. The first-order chi connectivity index (χ1) is 13.0. The number of halogens is 1. The van der Waals surface area contributed by atoms with E-state index in [0.717, 1.165) is 24.5 Å². The average molecular weight is 431 g/mol. The van der Waals surface area contributed by atoms with E-state index in [1.807, 2.05) is 0 Å². The van der Waals surface area contributed by atoms with Crippen molar-refractivity contribution in [1.29, 1.82) is 0 Å². The molecule has 0 saturated carbocycles. The first kappa shape index (κ1) is 21.6. The summed E-state index contributed by atoms with van der Waals surface area (Å²) in [5.74, 6) is -1.68. The molecule has 0 aliphatic heterocycles. The molecule has 1 amide bonds. The smallest absolute Gasteiger partial charge is 0.258 e. The van der Waals surface area contributed by atoms with E-state index in [1.54, 1.807) is 0 Å². The molecule has 0 radical (unpaired) electrons. The summed E-state index contributed by atoms with van der Waals surface area (Å²) >= 11 is 0. The second kappa shape index (κ2) is 8.12. The van der Waals surface area contributed by atoms with Crippen LogP contribution in [0.3, 0.4) is 0 Å². The van der Waals surface area contributed by atoms with Crippen molar-refractivity contribution >= 4 is 37.3 Å². The molecular weight excluding hydrogens is 413 g/mol. The summed E-state index contributed by atoms with van der Waals surface area (Å²) in [6.45, 7) is 0. The number of nitrogens with one attached hydrogen (secondary N) is 3. The van der Waals surface area contributed by atoms with Crippen LogP contribution < -0.4 is 19.5 Å². The second-order valence-electron chi connectivity index (χ2n) is 5.59. The predicted octanol–water partition coefficient (Wildman–Crippen LogP) is 1.37. The molecule has 0 spiro atoms. The van der Waals surface area contributed by atoms with Gasteiger partial charge in [0.25, 0.3) is 5.91 Å². The van der Waals surface area contributed by atoms with Gasteiger partial charge in [0.1, 0.15) is 11.6 Å². The minimum absolute atomic E-state index is 0.121. The SMILES string of the molecule is CNS(=O)(=O)c1ccc(F)c(C(=O)Nc2ccc(NS(C)(=O)=O)c(OC)c2)c1. The number of ether oxygens (including phenoxy) is 1. The molecule has 0 heterocycles. The Balaban J connectivity index is 2.34. The highest BCUT2D eigenvalue weighted by molar-refractivity contribution is 7.92. The van der Waals surface area contributed by atoms with Crippen LogP contribution in [0, 0.1) is 5.82 Å². The Morgan fingerprint density at radius 2 is 1.75 bits per heavy atom. The van der Waals surface area contributed by atoms with Gasteiger partial charge in [0.15, 0.2) is 0 Å². The van der Waals surface area contributed by atoms with Crippen molar-refractivity contribution in [3.63, 3.8) is 0 Å². The molecule has 152 valence electrons. The number of anilines is 2. The van der Waals surface area contributed by atoms with E-state index in [2.05, 4.69) is 14.8 Å². The molecule has 0 aliphatic rings. The Kier molecular flexibility index (Phi) is 6.27. The van der Waals surface area contributed by atoms with Crippen molar-refractivity contribution in [3.8, 4) is 5.75 Å². The maximum Gasteiger partial charge on any atom is 0.258 e. The van der Waals surface area contributed by atoms with Gasteiger partial charge in [-0.15, -0.1) is 0 Å². The van der Waals surface area contributed by atoms with Gasteiger partial charge in [0, 0.05) is 11.8 Å². The van der Waals surface area contributed by atoms with Crippen molar-refractivity contribution in [3.05, 3.63) is 47.8 Å². The molecular formula is C16H18FN3O6S2. The molecule has 0 unspecified atom stereocenters. The number of benzene rings is 2. The van der Waals surface area contributed by atoms with Crippen molar-refractivity contribution in [2.45, 2.75) is 4.90 Å². The van der Waals surface area contributed by atoms with E-state index in [4.69, 9.17) is 4.74 Å². The maximum absolute atomic E-state index is 14.0. The van der Waals surface area contributed by atoms with E-state index in [9.17, 15) is 26.0 Å². The Morgan fingerprint density at radius 1 is 1.07 bits per heavy atom. The normalized spacial score (nSPS) is 11.7. The standard InChI is InChI=1S/C16H18FN3O6S2/c1-18-28(24,25)11-5-6-13(17)12(9-11)16(21)19-10-4-7-14(15(8-10)26-2)20-27(3,22)23/h4-9,18,20H,1-3H3,(H,19,21). The van der Waals surface area contributed by atoms with Crippen LogP contribution in [0.1, 0.15) is 10.4 Å². The highest BCUT2D eigenvalue weighted by Gasteiger charge is 2.19. The number of hydrogen-bond donors (Lipinski definition) is 3. The largest absolute Gasteiger partial charge is 0.494 e. The van der Waals surface area contributed by atoms with Crippen LogP contribution in [0.15, 0.2) is 41.3 Å². The lowest BCUT2D eigenvalue weighted by Crippen LogP contribution is -2.20. The van der Waals surface area contributed by atoms with Crippen LogP contribution >= 0.6 is 0 Å². The van der Waals surface area contributed by atoms with Crippen LogP contribution in [0.25, 0.3) is 0 Å². The van der Waals surface area contributed by atoms with Crippen LogP contribution in [0.4, 0.5) is 15.8 Å². The molecule has 0 atom stereocenters. The minimum atomic E-state index is -3.86. The fourth-order valence-corrected chi connectivity index (χ4v) is 3.54. The van der Waals surface area contributed by atoms with E-state index < -0.39 is 37.3 Å². The van der Waals surface area contributed by atoms with Crippen molar-refractivity contribution in [2.75, 3.05) is 30.5 Å². The monoisotopic (exact) mass is 431 g/mol. The zero-order chi connectivity index (χ0) is 21.1. The van der Waals surface area contributed by atoms with Gasteiger partial charge in [-0.2, -0.15) is 0 Å². The van der Waals surface area contributed by atoms with E-state index in [-0.39, 0.29) is 22.0 Å². The summed E-state index contributed by atoms with van der Waals surface area (Å²) in [5, 5.41) is 2.41. The van der Waals surface area contributed by atoms with Crippen LogP contribution in [-0.4, -0.2) is 43.2 Å². The fraction of sp³-hybridized carbons (Fsp3) is 0.188. The summed E-state index contributed by atoms with van der Waals surface area (Å²) in [4.78, 5) is 12.1. The number of sulfonamides is 2. The summed E-state index contributed by atoms with van der Waals surface area (Å²) < 4.78 is 69.8. The third-order valence-electron chi connectivity index (χ3n) is 3.52. The van der Waals surface area contributed by atoms with Gasteiger partial charge in [-0.25, -0.2) is 25.9 Å². The van der Waals surface area contributed by atoms with Gasteiger partial charge in [-0.3, -0.25) is 9.52 Å². The third kappa shape index (κ3) is 5.18. The molecule has 28 heavy (non-hydrogen) atoms. The highest BCUT2D eigenvalue weighted by atomic mass is 32.2. The molecule has 2 rings (SSSR count). The third-order valence-corrected chi connectivity index (χ3v) is 5.52. The number of carbonyl (C=O) groups is 1. The maximum atomic E-state index is 14.0. The number of carbonyl (C=O) groups excluding carboxylic acids is 1. The minimum Gasteiger partial charge on any atom is -0.494 e. The molecule has 0 saturated heterocycles. The van der Waals surface area contributed by atoms with Gasteiger partial charge in [-0.05, 0) is 37.4 Å². The molecule has 0 aliphatic carbocycles. The Hall–Kier alpha value is -2.70.